The summed E-state index contributed by atoms with van der Waals surface area (Å²) in [5.74, 6) is 0. The summed E-state index contributed by atoms with van der Waals surface area (Å²) in [6, 6.07) is 0. The van der Waals surface area contributed by atoms with Crippen LogP contribution in [0.3, 0.4) is 0 Å². The Morgan fingerprint density at radius 1 is 2.00 bits per heavy atom. The minimum Gasteiger partial charge on any atom is -0.373 e. The lowest BCUT2D eigenvalue weighted by atomic mass is 10.6. The Bertz CT molecular complexity index is 22.5. The van der Waals surface area contributed by atoms with E-state index in [9.17, 15) is 0 Å². The van der Waals surface area contributed by atoms with Crippen molar-refractivity contribution >= 4 is 0 Å². The topological polar surface area (TPSA) is 12.5 Å². The van der Waals surface area contributed by atoms with Crippen LogP contribution in [0.5, 0.6) is 0 Å². The molecule has 1 aliphatic rings. The lowest BCUT2D eigenvalue weighted by Crippen LogP contribution is -1.61. The Morgan fingerprint density at radius 3 is 2.25 bits per heavy atom. The minimum atomic E-state index is 0.333. The number of rotatable bonds is 0. The molecule has 0 saturated carbocycles. The van der Waals surface area contributed by atoms with Crippen LogP contribution in [-0.2, 0) is 4.74 Å². The Hall–Kier alpha value is -0.0400. The second-order valence-corrected chi connectivity index (χ2v) is 0.955. The van der Waals surface area contributed by atoms with Gasteiger partial charge in [-0.05, 0) is 6.92 Å². The monoisotopic (exact) mass is 57.0 g/mol. The maximum atomic E-state index is 4.60. The van der Waals surface area contributed by atoms with Crippen LogP contribution in [0.15, 0.2) is 0 Å². The third-order valence-corrected chi connectivity index (χ3v) is 0.402. The molecule has 1 saturated heterocycles. The molecule has 0 spiro atoms. The highest BCUT2D eigenvalue weighted by Gasteiger charge is 2.13. The van der Waals surface area contributed by atoms with E-state index in [2.05, 4.69) is 11.7 Å². The molecule has 1 aliphatic heterocycles. The first-order chi connectivity index (χ1) is 1.89. The van der Waals surface area contributed by atoms with E-state index in [1.54, 1.807) is 0 Å². The standard InChI is InChI=1S/C3H5O/c1-3-2-4-3/h3H,1-2H2/t3-/m0/s1. The Kier molecular flexibility index (Phi) is 0.256. The van der Waals surface area contributed by atoms with Gasteiger partial charge >= 0.3 is 0 Å². The molecule has 0 amide bonds. The summed E-state index contributed by atoms with van der Waals surface area (Å²) in [6.07, 6.45) is 0.333. The van der Waals surface area contributed by atoms with Crippen molar-refractivity contribution in [1.29, 1.82) is 0 Å². The molecular formula is C3H5O. The van der Waals surface area contributed by atoms with Crippen molar-refractivity contribution in [3.63, 3.8) is 0 Å². The highest BCUT2D eigenvalue weighted by molar-refractivity contribution is 4.69. The Balaban J connectivity index is 2.17. The zero-order valence-corrected chi connectivity index (χ0v) is 2.40. The summed E-state index contributed by atoms with van der Waals surface area (Å²) >= 11 is 0. The molecule has 1 heterocycles. The molecule has 0 aromatic carbocycles. The van der Waals surface area contributed by atoms with E-state index >= 15 is 0 Å². The van der Waals surface area contributed by atoms with Crippen molar-refractivity contribution in [2.75, 3.05) is 6.61 Å². The molecule has 0 unspecified atom stereocenters. The lowest BCUT2D eigenvalue weighted by Gasteiger charge is -1.50. The molecule has 23 valence electrons. The second kappa shape index (κ2) is 0.462. The molecule has 1 rings (SSSR count). The summed E-state index contributed by atoms with van der Waals surface area (Å²) in [5, 5.41) is 0. The minimum absolute atomic E-state index is 0.333. The maximum absolute atomic E-state index is 4.60. The van der Waals surface area contributed by atoms with Gasteiger partial charge in [-0.15, -0.1) is 0 Å². The number of hydrogen-bond donors (Lipinski definition) is 0. The van der Waals surface area contributed by atoms with Gasteiger partial charge in [0.1, 0.15) is 0 Å². The maximum Gasteiger partial charge on any atom is 0.0810 e. The van der Waals surface area contributed by atoms with E-state index in [4.69, 9.17) is 0 Å². The van der Waals surface area contributed by atoms with Crippen molar-refractivity contribution in [3.05, 3.63) is 6.92 Å². The summed E-state index contributed by atoms with van der Waals surface area (Å²) in [7, 11) is 0. The Morgan fingerprint density at radius 2 is 2.25 bits per heavy atom. The molecule has 1 fully saturated rings. The van der Waals surface area contributed by atoms with Gasteiger partial charge in [-0.3, -0.25) is 0 Å². The zero-order valence-electron chi connectivity index (χ0n) is 2.40. The molecule has 0 aromatic heterocycles. The van der Waals surface area contributed by atoms with Crippen molar-refractivity contribution in [2.45, 2.75) is 6.10 Å². The van der Waals surface area contributed by atoms with Gasteiger partial charge < -0.3 is 4.74 Å². The van der Waals surface area contributed by atoms with E-state index in [1.165, 1.54) is 0 Å². The molecule has 0 N–H and O–H groups in total. The van der Waals surface area contributed by atoms with Gasteiger partial charge in [0.2, 0.25) is 0 Å². The summed E-state index contributed by atoms with van der Waals surface area (Å²) in [4.78, 5) is 0. The third-order valence-electron chi connectivity index (χ3n) is 0.402. The van der Waals surface area contributed by atoms with E-state index in [1.807, 2.05) is 0 Å². The van der Waals surface area contributed by atoms with Crippen molar-refractivity contribution in [2.24, 2.45) is 0 Å². The van der Waals surface area contributed by atoms with Gasteiger partial charge in [0.25, 0.3) is 0 Å². The largest absolute Gasteiger partial charge is 0.373 e. The predicted molar refractivity (Wildman–Crippen MR) is 15.1 cm³/mol. The van der Waals surface area contributed by atoms with Crippen molar-refractivity contribution in [1.82, 2.24) is 0 Å². The van der Waals surface area contributed by atoms with Gasteiger partial charge in [0.15, 0.2) is 0 Å². The fraction of sp³-hybridized carbons (Fsp3) is 0.667. The highest BCUT2D eigenvalue weighted by Crippen LogP contribution is 2.03. The molecule has 0 bridgehead atoms. The third kappa shape index (κ3) is 0.206. The smallest absolute Gasteiger partial charge is 0.0810 e. The van der Waals surface area contributed by atoms with Gasteiger partial charge in [0, 0.05) is 0 Å². The van der Waals surface area contributed by atoms with Crippen molar-refractivity contribution in [3.8, 4) is 0 Å². The average molecular weight is 57.1 g/mol. The van der Waals surface area contributed by atoms with Crippen LogP contribution in [0.2, 0.25) is 0 Å². The summed E-state index contributed by atoms with van der Waals surface area (Å²) < 4.78 is 4.60. The summed E-state index contributed by atoms with van der Waals surface area (Å²) in [6.45, 7) is 4.40. The molecule has 1 atom stereocenters. The zero-order chi connectivity index (χ0) is 2.99. The Labute approximate surface area is 25.6 Å². The van der Waals surface area contributed by atoms with Crippen LogP contribution >= 0.6 is 0 Å². The van der Waals surface area contributed by atoms with Gasteiger partial charge in [0.05, 0.1) is 12.7 Å². The first-order valence-electron chi connectivity index (χ1n) is 1.34. The molecule has 1 heteroatoms. The molecule has 1 radical (unpaired) electrons. The van der Waals surface area contributed by atoms with E-state index in [0.717, 1.165) is 6.61 Å². The molecular weight excluding hydrogens is 52.0 g/mol. The van der Waals surface area contributed by atoms with Gasteiger partial charge in [-0.1, -0.05) is 0 Å². The predicted octanol–water partition coefficient (Wildman–Crippen LogP) is 0.219. The summed E-state index contributed by atoms with van der Waals surface area (Å²) in [5.41, 5.74) is 0. The van der Waals surface area contributed by atoms with Crippen LogP contribution in [-0.4, -0.2) is 12.7 Å². The van der Waals surface area contributed by atoms with E-state index in [0.29, 0.717) is 6.10 Å². The van der Waals surface area contributed by atoms with Crippen LogP contribution in [0.1, 0.15) is 0 Å². The molecule has 0 aliphatic carbocycles. The SMILES string of the molecule is [CH2][C@H]1CO1. The van der Waals surface area contributed by atoms with Gasteiger partial charge in [-0.2, -0.15) is 0 Å². The fourth-order valence-corrected chi connectivity index (χ4v) is 0.0680. The van der Waals surface area contributed by atoms with E-state index < -0.39 is 0 Å². The lowest BCUT2D eigenvalue weighted by molar-refractivity contribution is 0.439. The second-order valence-electron chi connectivity index (χ2n) is 0.955. The first kappa shape index (κ1) is 2.21. The quantitative estimate of drug-likeness (QED) is 0.362. The molecule has 1 nitrogen and oxygen atoms in total. The molecule has 4 heavy (non-hydrogen) atoms. The van der Waals surface area contributed by atoms with Crippen LogP contribution < -0.4 is 0 Å². The molecule has 0 aromatic rings. The number of ether oxygens (including phenoxy) is 1. The van der Waals surface area contributed by atoms with Crippen molar-refractivity contribution < 1.29 is 4.74 Å². The average Bonchev–Trinajstić information content (AvgIpc) is 1.75. The van der Waals surface area contributed by atoms with Crippen LogP contribution in [0, 0.1) is 6.92 Å². The van der Waals surface area contributed by atoms with Crippen LogP contribution in [0.4, 0.5) is 0 Å². The number of epoxide rings is 1. The van der Waals surface area contributed by atoms with E-state index in [-0.39, 0.29) is 0 Å². The van der Waals surface area contributed by atoms with Gasteiger partial charge in [-0.25, -0.2) is 0 Å². The fourth-order valence-electron chi connectivity index (χ4n) is 0.0680. The first-order valence-corrected chi connectivity index (χ1v) is 1.34. The van der Waals surface area contributed by atoms with Crippen LogP contribution in [0.25, 0.3) is 0 Å². The number of hydrogen-bond acceptors (Lipinski definition) is 1. The normalized spacial score (nSPS) is 39.8. The highest BCUT2D eigenvalue weighted by atomic mass is 16.6.